The molecule has 0 aromatic rings. The number of urea groups is 1. The number of amides is 5. The highest BCUT2D eigenvalue weighted by atomic mass is 16.2. The van der Waals surface area contributed by atoms with Crippen LogP contribution in [0.3, 0.4) is 0 Å². The quantitative estimate of drug-likeness (QED) is 0.363. The van der Waals surface area contributed by atoms with Crippen molar-refractivity contribution >= 4 is 29.5 Å². The van der Waals surface area contributed by atoms with Gasteiger partial charge in [-0.25, -0.2) is 4.79 Å². The number of Topliss-reactive ketones (excluding diaryl/α,β-unsaturated/α-hetero) is 1. The lowest BCUT2D eigenvalue weighted by Crippen LogP contribution is -2.60. The van der Waals surface area contributed by atoms with E-state index in [1.807, 2.05) is 6.92 Å². The molecule has 2 saturated carbocycles. The number of nitrogens with zero attached hydrogens (tertiary/aromatic N) is 1. The topological polar surface area (TPSA) is 165 Å². The number of fused-ring (bicyclic) bond motifs is 1. The third-order valence-electron chi connectivity index (χ3n) is 7.90. The fraction of sp³-hybridized carbons (Fsp3) is 0.783. The van der Waals surface area contributed by atoms with E-state index >= 15 is 0 Å². The van der Waals surface area contributed by atoms with E-state index in [0.29, 0.717) is 13.0 Å². The first kappa shape index (κ1) is 25.0. The highest BCUT2D eigenvalue weighted by Crippen LogP contribution is 2.65. The standard InChI is InChI=1S/C23H37N5O5/c1-4-8-14(18(29)19(24)30)26-20(31)17-15-13(23(15,2)3)11-28(17)21(32)16(27-22(25)33)12-9-6-5-7-10-12/h12-17H,4-11H2,1-3H3,(H2,24,30)(H,26,31)(H3,25,27,33)/t13-,14?,15-,16-,17-/m0/s1. The Balaban J connectivity index is 1.83. The number of ketones is 1. The van der Waals surface area contributed by atoms with Crippen molar-refractivity contribution in [2.24, 2.45) is 34.6 Å². The van der Waals surface area contributed by atoms with Gasteiger partial charge in [0, 0.05) is 6.54 Å². The summed E-state index contributed by atoms with van der Waals surface area (Å²) in [6.07, 6.45) is 5.52. The molecule has 0 aromatic heterocycles. The van der Waals surface area contributed by atoms with Gasteiger partial charge in [-0.1, -0.05) is 46.5 Å². The summed E-state index contributed by atoms with van der Waals surface area (Å²) in [6, 6.07) is -3.34. The monoisotopic (exact) mass is 463 g/mol. The molecule has 6 N–H and O–H groups in total. The van der Waals surface area contributed by atoms with Gasteiger partial charge in [0.25, 0.3) is 5.91 Å². The van der Waals surface area contributed by atoms with Crippen molar-refractivity contribution in [3.8, 4) is 0 Å². The summed E-state index contributed by atoms with van der Waals surface area (Å²) < 4.78 is 0. The molecule has 3 fully saturated rings. The van der Waals surface area contributed by atoms with E-state index < -0.39 is 41.8 Å². The molecule has 1 aliphatic heterocycles. The van der Waals surface area contributed by atoms with Crippen molar-refractivity contribution in [2.75, 3.05) is 6.54 Å². The van der Waals surface area contributed by atoms with Gasteiger partial charge in [0.15, 0.2) is 0 Å². The zero-order valence-corrected chi connectivity index (χ0v) is 19.8. The maximum Gasteiger partial charge on any atom is 0.312 e. The molecular formula is C23H37N5O5. The minimum absolute atomic E-state index is 0.0309. The summed E-state index contributed by atoms with van der Waals surface area (Å²) in [4.78, 5) is 64.0. The molecule has 0 spiro atoms. The lowest BCUT2D eigenvalue weighted by Gasteiger charge is -2.37. The van der Waals surface area contributed by atoms with Crippen molar-refractivity contribution in [3.63, 3.8) is 0 Å². The number of carbonyl (C=O) groups excluding carboxylic acids is 5. The lowest BCUT2D eigenvalue weighted by atomic mass is 9.83. The van der Waals surface area contributed by atoms with Crippen molar-refractivity contribution in [2.45, 2.75) is 83.8 Å². The fourth-order valence-corrected chi connectivity index (χ4v) is 5.98. The summed E-state index contributed by atoms with van der Waals surface area (Å²) in [5.41, 5.74) is 10.4. The minimum atomic E-state index is -1.10. The number of rotatable bonds is 9. The van der Waals surface area contributed by atoms with E-state index in [4.69, 9.17) is 11.5 Å². The second-order valence-electron chi connectivity index (χ2n) is 10.4. The van der Waals surface area contributed by atoms with Crippen LogP contribution in [-0.2, 0) is 19.2 Å². The van der Waals surface area contributed by atoms with Crippen LogP contribution in [-0.4, -0.2) is 59.1 Å². The second kappa shape index (κ2) is 9.69. The minimum Gasteiger partial charge on any atom is -0.363 e. The van der Waals surface area contributed by atoms with Gasteiger partial charge in [-0.2, -0.15) is 0 Å². The summed E-state index contributed by atoms with van der Waals surface area (Å²) in [5.74, 6) is -2.66. The van der Waals surface area contributed by atoms with Gasteiger partial charge < -0.3 is 27.0 Å². The summed E-state index contributed by atoms with van der Waals surface area (Å²) >= 11 is 0. The molecular weight excluding hydrogens is 426 g/mol. The van der Waals surface area contributed by atoms with E-state index in [1.54, 1.807) is 4.90 Å². The first-order valence-electron chi connectivity index (χ1n) is 12.0. The van der Waals surface area contributed by atoms with Gasteiger partial charge in [0.05, 0.1) is 6.04 Å². The Bertz CT molecular complexity index is 822. The molecule has 5 amide bonds. The highest BCUT2D eigenvalue weighted by molar-refractivity contribution is 6.37. The average molecular weight is 464 g/mol. The van der Waals surface area contributed by atoms with Gasteiger partial charge in [0.2, 0.25) is 17.6 Å². The molecule has 1 heterocycles. The predicted octanol–water partition coefficient (Wildman–Crippen LogP) is 0.426. The molecule has 3 rings (SSSR count). The molecule has 1 unspecified atom stereocenters. The van der Waals surface area contributed by atoms with Crippen molar-refractivity contribution in [1.82, 2.24) is 15.5 Å². The van der Waals surface area contributed by atoms with E-state index in [-0.39, 0.29) is 35.5 Å². The maximum absolute atomic E-state index is 13.7. The number of hydrogen-bond donors (Lipinski definition) is 4. The van der Waals surface area contributed by atoms with E-state index in [0.717, 1.165) is 32.1 Å². The largest absolute Gasteiger partial charge is 0.363 e. The Morgan fingerprint density at radius 1 is 1.03 bits per heavy atom. The van der Waals surface area contributed by atoms with Crippen molar-refractivity contribution in [3.05, 3.63) is 0 Å². The van der Waals surface area contributed by atoms with Crippen LogP contribution in [0.15, 0.2) is 0 Å². The Hall–Kier alpha value is -2.65. The third-order valence-corrected chi connectivity index (χ3v) is 7.90. The van der Waals surface area contributed by atoms with Crippen molar-refractivity contribution in [1.29, 1.82) is 0 Å². The fourth-order valence-electron chi connectivity index (χ4n) is 5.98. The molecule has 2 aliphatic carbocycles. The maximum atomic E-state index is 13.7. The van der Waals surface area contributed by atoms with Crippen LogP contribution in [0.1, 0.15) is 65.7 Å². The van der Waals surface area contributed by atoms with Crippen LogP contribution in [0.2, 0.25) is 0 Å². The van der Waals surface area contributed by atoms with Gasteiger partial charge in [-0.15, -0.1) is 0 Å². The smallest absolute Gasteiger partial charge is 0.312 e. The van der Waals surface area contributed by atoms with Crippen LogP contribution in [0, 0.1) is 23.2 Å². The first-order valence-corrected chi connectivity index (χ1v) is 12.0. The molecule has 184 valence electrons. The van der Waals surface area contributed by atoms with Gasteiger partial charge in [-0.3, -0.25) is 19.2 Å². The number of nitrogens with two attached hydrogens (primary N) is 2. The first-order chi connectivity index (χ1) is 15.5. The van der Waals surface area contributed by atoms with Crippen LogP contribution >= 0.6 is 0 Å². The summed E-state index contributed by atoms with van der Waals surface area (Å²) in [7, 11) is 0. The SMILES string of the molecule is CCCC(NC(=O)[C@@H]1[C@@H]2[C@H](CN1C(=O)[C@@H](NC(N)=O)C1CCCCC1)C2(C)C)C(=O)C(N)=O. The zero-order valence-electron chi connectivity index (χ0n) is 19.8. The number of primary amides is 2. The molecule has 0 aromatic carbocycles. The predicted molar refractivity (Wildman–Crippen MR) is 120 cm³/mol. The van der Waals surface area contributed by atoms with E-state index in [1.165, 1.54) is 0 Å². The molecule has 10 nitrogen and oxygen atoms in total. The van der Waals surface area contributed by atoms with Gasteiger partial charge >= 0.3 is 6.03 Å². The number of likely N-dealkylation sites (tertiary alicyclic amines) is 1. The number of hydrogen-bond acceptors (Lipinski definition) is 5. The lowest BCUT2D eigenvalue weighted by molar-refractivity contribution is -0.144. The zero-order chi connectivity index (χ0) is 24.5. The molecule has 0 radical (unpaired) electrons. The van der Waals surface area contributed by atoms with Crippen LogP contribution in [0.4, 0.5) is 4.79 Å². The van der Waals surface area contributed by atoms with Crippen LogP contribution < -0.4 is 22.1 Å². The number of nitrogens with one attached hydrogen (secondary N) is 2. The summed E-state index contributed by atoms with van der Waals surface area (Å²) in [6.45, 7) is 6.36. The Morgan fingerprint density at radius 2 is 1.67 bits per heavy atom. The average Bonchev–Trinajstić information content (AvgIpc) is 3.11. The number of carbonyl (C=O) groups is 5. The molecule has 10 heteroatoms. The third kappa shape index (κ3) is 4.99. The van der Waals surface area contributed by atoms with Crippen LogP contribution in [0.5, 0.6) is 0 Å². The second-order valence-corrected chi connectivity index (χ2v) is 10.4. The number of piperidine rings is 1. The Labute approximate surface area is 194 Å². The van der Waals surface area contributed by atoms with Gasteiger partial charge in [-0.05, 0) is 42.4 Å². The normalized spacial score (nSPS) is 27.7. The van der Waals surface area contributed by atoms with E-state index in [9.17, 15) is 24.0 Å². The Kier molecular flexibility index (Phi) is 7.33. The molecule has 3 aliphatic rings. The molecule has 33 heavy (non-hydrogen) atoms. The molecule has 5 atom stereocenters. The van der Waals surface area contributed by atoms with Crippen molar-refractivity contribution < 1.29 is 24.0 Å². The van der Waals surface area contributed by atoms with E-state index in [2.05, 4.69) is 24.5 Å². The molecule has 0 bridgehead atoms. The van der Waals surface area contributed by atoms with Crippen LogP contribution in [0.25, 0.3) is 0 Å². The Morgan fingerprint density at radius 3 is 2.21 bits per heavy atom. The summed E-state index contributed by atoms with van der Waals surface area (Å²) in [5, 5.41) is 5.32. The van der Waals surface area contributed by atoms with Gasteiger partial charge in [0.1, 0.15) is 12.1 Å². The highest BCUT2D eigenvalue weighted by Gasteiger charge is 2.69. The molecule has 1 saturated heterocycles.